The van der Waals surface area contributed by atoms with E-state index >= 15 is 0 Å². The van der Waals surface area contributed by atoms with Gasteiger partial charge in [-0.1, -0.05) is 6.42 Å². The number of nitrogens with two attached hydrogens (primary N) is 1. The number of carbonyl (C=O) groups is 1. The number of rotatable bonds is 5. The van der Waals surface area contributed by atoms with Crippen LogP contribution in [0.2, 0.25) is 0 Å². The summed E-state index contributed by atoms with van der Waals surface area (Å²) < 4.78 is 24.4. The van der Waals surface area contributed by atoms with Crippen molar-refractivity contribution in [1.29, 1.82) is 0 Å². The van der Waals surface area contributed by atoms with Crippen molar-refractivity contribution in [2.45, 2.75) is 31.2 Å². The molecule has 2 aliphatic rings. The number of nitrogens with zero attached hydrogens (tertiary/aromatic N) is 2. The highest BCUT2D eigenvalue weighted by Crippen LogP contribution is 2.36. The molecule has 1 saturated carbocycles. The minimum absolute atomic E-state index is 0.0166. The average Bonchev–Trinajstić information content (AvgIpc) is 2.79. The normalized spacial score (nSPS) is 32.4. The van der Waals surface area contributed by atoms with Gasteiger partial charge in [0.1, 0.15) is 5.54 Å². The molecule has 2 atom stereocenters. The summed E-state index contributed by atoms with van der Waals surface area (Å²) in [5.74, 6) is -0.880. The number of sulfonamides is 1. The van der Waals surface area contributed by atoms with Crippen LogP contribution in [0.4, 0.5) is 0 Å². The van der Waals surface area contributed by atoms with Crippen molar-refractivity contribution in [2.24, 2.45) is 11.7 Å². The van der Waals surface area contributed by atoms with E-state index < -0.39 is 21.5 Å². The van der Waals surface area contributed by atoms with Crippen LogP contribution in [-0.2, 0) is 14.8 Å². The Morgan fingerprint density at radius 2 is 1.95 bits per heavy atom. The topological polar surface area (TPSA) is 104 Å². The van der Waals surface area contributed by atoms with Crippen LogP contribution in [0.3, 0.4) is 0 Å². The van der Waals surface area contributed by atoms with E-state index in [1.54, 1.807) is 0 Å². The van der Waals surface area contributed by atoms with Crippen molar-refractivity contribution < 1.29 is 18.3 Å². The molecule has 0 aromatic heterocycles. The zero-order valence-electron chi connectivity index (χ0n) is 12.5. The molecule has 7 nitrogen and oxygen atoms in total. The molecule has 1 saturated heterocycles. The van der Waals surface area contributed by atoms with Crippen molar-refractivity contribution >= 4 is 16.0 Å². The molecule has 0 bridgehead atoms. The first-order valence-electron chi connectivity index (χ1n) is 7.43. The van der Waals surface area contributed by atoms with Gasteiger partial charge in [-0.2, -0.15) is 4.31 Å². The van der Waals surface area contributed by atoms with Gasteiger partial charge < -0.3 is 15.7 Å². The van der Waals surface area contributed by atoms with Crippen molar-refractivity contribution in [3.05, 3.63) is 0 Å². The van der Waals surface area contributed by atoms with Gasteiger partial charge in [0.25, 0.3) is 0 Å². The van der Waals surface area contributed by atoms with Gasteiger partial charge in [0, 0.05) is 26.2 Å². The predicted octanol–water partition coefficient (Wildman–Crippen LogP) is -0.464. The summed E-state index contributed by atoms with van der Waals surface area (Å²) in [6.45, 7) is 3.20. The summed E-state index contributed by atoms with van der Waals surface area (Å²) in [7, 11) is -3.10. The Bertz CT molecular complexity index is 488. The first kappa shape index (κ1) is 16.7. The minimum atomic E-state index is -3.10. The maximum Gasteiger partial charge on any atom is 0.323 e. The second-order valence-electron chi connectivity index (χ2n) is 6.23. The minimum Gasteiger partial charge on any atom is -0.480 e. The fourth-order valence-electron chi connectivity index (χ4n) is 3.41. The molecule has 1 heterocycles. The fraction of sp³-hybridized carbons (Fsp3) is 0.923. The summed E-state index contributed by atoms with van der Waals surface area (Å²) in [6, 6.07) is 0. The lowest BCUT2D eigenvalue weighted by Crippen LogP contribution is -2.52. The second-order valence-corrected chi connectivity index (χ2v) is 8.21. The van der Waals surface area contributed by atoms with Gasteiger partial charge in [-0.25, -0.2) is 8.42 Å². The molecule has 122 valence electrons. The molecule has 2 rings (SSSR count). The number of hydrogen-bond donors (Lipinski definition) is 2. The highest BCUT2D eigenvalue weighted by Gasteiger charge is 2.45. The van der Waals surface area contributed by atoms with E-state index in [1.807, 2.05) is 0 Å². The third-order valence-corrected chi connectivity index (χ3v) is 6.17. The van der Waals surface area contributed by atoms with E-state index in [4.69, 9.17) is 5.73 Å². The molecule has 8 heteroatoms. The van der Waals surface area contributed by atoms with Crippen LogP contribution in [0.25, 0.3) is 0 Å². The quantitative estimate of drug-likeness (QED) is 0.710. The zero-order valence-corrected chi connectivity index (χ0v) is 13.3. The second kappa shape index (κ2) is 6.20. The van der Waals surface area contributed by atoms with Gasteiger partial charge in [0.15, 0.2) is 0 Å². The molecule has 1 aliphatic carbocycles. The Kier molecular flexibility index (Phi) is 4.92. The Morgan fingerprint density at radius 3 is 2.48 bits per heavy atom. The van der Waals surface area contributed by atoms with Crippen molar-refractivity contribution in [2.75, 3.05) is 39.0 Å². The summed E-state index contributed by atoms with van der Waals surface area (Å²) in [5, 5.41) is 9.29. The summed E-state index contributed by atoms with van der Waals surface area (Å²) in [4.78, 5) is 13.5. The lowest BCUT2D eigenvalue weighted by atomic mass is 9.85. The van der Waals surface area contributed by atoms with Crippen LogP contribution in [0.15, 0.2) is 0 Å². The van der Waals surface area contributed by atoms with Gasteiger partial charge in [0.05, 0.1) is 6.26 Å². The summed E-state index contributed by atoms with van der Waals surface area (Å²) in [5.41, 5.74) is 4.96. The van der Waals surface area contributed by atoms with Gasteiger partial charge in [-0.05, 0) is 31.7 Å². The van der Waals surface area contributed by atoms with E-state index in [-0.39, 0.29) is 5.92 Å². The van der Waals surface area contributed by atoms with Gasteiger partial charge in [-0.15, -0.1) is 0 Å². The predicted molar refractivity (Wildman–Crippen MR) is 79.4 cm³/mol. The molecule has 0 radical (unpaired) electrons. The van der Waals surface area contributed by atoms with E-state index in [9.17, 15) is 18.3 Å². The van der Waals surface area contributed by atoms with Crippen LogP contribution in [0.5, 0.6) is 0 Å². The number of carboxylic acid groups (broad SMARTS) is 1. The molecule has 2 fully saturated rings. The number of carboxylic acids is 1. The smallest absolute Gasteiger partial charge is 0.323 e. The maximum atomic E-state index is 11.4. The zero-order chi connectivity index (χ0) is 15.7. The first-order chi connectivity index (χ1) is 9.73. The highest BCUT2D eigenvalue weighted by molar-refractivity contribution is 7.88. The Balaban J connectivity index is 1.81. The molecule has 3 N–H and O–H groups in total. The fourth-order valence-corrected chi connectivity index (χ4v) is 4.24. The lowest BCUT2D eigenvalue weighted by Gasteiger charge is -2.35. The largest absolute Gasteiger partial charge is 0.480 e. The van der Waals surface area contributed by atoms with E-state index in [0.717, 1.165) is 25.8 Å². The molecule has 0 aromatic rings. The SMILES string of the molecule is CS(=O)(=O)N1CCN(CCC2CCCC2(N)C(=O)O)CC1. The standard InChI is InChI=1S/C13H25N3O4S/c1-21(19,20)16-9-7-15(8-10-16)6-4-11-3-2-5-13(11,14)12(17)18/h11H,2-10,14H2,1H3,(H,17,18). The van der Waals surface area contributed by atoms with Crippen molar-refractivity contribution in [3.63, 3.8) is 0 Å². The van der Waals surface area contributed by atoms with Crippen LogP contribution < -0.4 is 5.73 Å². The molecule has 2 unspecified atom stereocenters. The third kappa shape index (κ3) is 3.74. The number of hydrogen-bond acceptors (Lipinski definition) is 5. The van der Waals surface area contributed by atoms with Crippen LogP contribution in [0.1, 0.15) is 25.7 Å². The Morgan fingerprint density at radius 1 is 1.33 bits per heavy atom. The van der Waals surface area contributed by atoms with Crippen molar-refractivity contribution in [3.8, 4) is 0 Å². The van der Waals surface area contributed by atoms with Crippen molar-refractivity contribution in [1.82, 2.24) is 9.21 Å². The lowest BCUT2D eigenvalue weighted by molar-refractivity contribution is -0.144. The molecule has 21 heavy (non-hydrogen) atoms. The third-order valence-electron chi connectivity index (χ3n) is 4.86. The first-order valence-corrected chi connectivity index (χ1v) is 9.28. The average molecular weight is 319 g/mol. The summed E-state index contributed by atoms with van der Waals surface area (Å²) in [6.07, 6.45) is 4.29. The molecular formula is C13H25N3O4S. The van der Waals surface area contributed by atoms with Gasteiger partial charge in [0.2, 0.25) is 10.0 Å². The van der Waals surface area contributed by atoms with Gasteiger partial charge >= 0.3 is 5.97 Å². The number of aliphatic carboxylic acids is 1. The monoisotopic (exact) mass is 319 g/mol. The highest BCUT2D eigenvalue weighted by atomic mass is 32.2. The molecule has 0 aromatic carbocycles. The molecule has 0 spiro atoms. The van der Waals surface area contributed by atoms with Crippen LogP contribution >= 0.6 is 0 Å². The van der Waals surface area contributed by atoms with E-state index in [1.165, 1.54) is 10.6 Å². The van der Waals surface area contributed by atoms with Gasteiger partial charge in [-0.3, -0.25) is 4.79 Å². The molecular weight excluding hydrogens is 294 g/mol. The Hall–Kier alpha value is -0.700. The van der Waals surface area contributed by atoms with E-state index in [2.05, 4.69) is 4.90 Å². The number of piperazine rings is 1. The molecule has 1 aliphatic heterocycles. The van der Waals surface area contributed by atoms with E-state index in [0.29, 0.717) is 32.6 Å². The van der Waals surface area contributed by atoms with Crippen LogP contribution in [-0.4, -0.2) is 73.2 Å². The van der Waals surface area contributed by atoms with Crippen LogP contribution in [0, 0.1) is 5.92 Å². The molecule has 0 amide bonds. The Labute approximate surface area is 126 Å². The summed E-state index contributed by atoms with van der Waals surface area (Å²) >= 11 is 0. The maximum absolute atomic E-state index is 11.4.